The maximum atomic E-state index is 9.73. The lowest BCUT2D eigenvalue weighted by Crippen LogP contribution is -2.09. The van der Waals surface area contributed by atoms with Crippen LogP contribution in [0.2, 0.25) is 0 Å². The van der Waals surface area contributed by atoms with E-state index in [0.717, 1.165) is 0 Å². The molecule has 10 rings (SSSR count). The largest absolute Gasteiger partial charge is 0.311 e. The molecule has 0 aliphatic heterocycles. The second kappa shape index (κ2) is 14.0. The summed E-state index contributed by atoms with van der Waals surface area (Å²) in [5.41, 5.74) is -11.5. The van der Waals surface area contributed by atoms with Crippen molar-refractivity contribution in [2.24, 2.45) is 0 Å². The van der Waals surface area contributed by atoms with E-state index in [-0.39, 0.29) is 4.90 Å². The standard InChI is InChI=1S/C54H37N/c1-4-19-49-39(11-1)14-8-22-52(49)42-27-33-47(34-28-42)55(48-35-29-43(30-36-48)53-23-9-15-40-12-2-5-20-50(40)53)46-31-25-38(26-32-46)44-17-7-18-45(37-44)54-24-10-16-41-13-3-6-21-51(41)54/h1-37H/i1D,2D,3D,4D,5D,6D,7D,8D,9D,10D,11D,12D,13D,14D,15D,16D,17D,18D,19D,20D,21D,22D,23D,24D,25D,26D,27D,28D,29D,30D,31D,32D,33D,34D,35D,36D,37D. The highest BCUT2D eigenvalue weighted by molar-refractivity contribution is 5.99. The number of benzene rings is 10. The van der Waals surface area contributed by atoms with Crippen LogP contribution in [-0.4, -0.2) is 0 Å². The molecule has 258 valence electrons. The van der Waals surface area contributed by atoms with Crippen LogP contribution >= 0.6 is 0 Å². The van der Waals surface area contributed by atoms with Gasteiger partial charge in [-0.3, -0.25) is 0 Å². The third-order valence-corrected chi connectivity index (χ3v) is 8.07. The van der Waals surface area contributed by atoms with Crippen LogP contribution in [0, 0.1) is 0 Å². The number of anilines is 3. The summed E-state index contributed by atoms with van der Waals surface area (Å²) in [5.74, 6) is 0. The smallest absolute Gasteiger partial charge is 0.0645 e. The molecule has 0 spiro atoms. The molecule has 0 aliphatic rings. The predicted octanol–water partition coefficient (Wildman–Crippen LogP) is 15.3. The van der Waals surface area contributed by atoms with Crippen LogP contribution in [0.4, 0.5) is 17.1 Å². The lowest BCUT2D eigenvalue weighted by molar-refractivity contribution is 1.28. The Morgan fingerprint density at radius 1 is 0.255 bits per heavy atom. The Bertz CT molecular complexity index is 4830. The number of hydrogen-bond acceptors (Lipinski definition) is 1. The van der Waals surface area contributed by atoms with E-state index >= 15 is 0 Å². The van der Waals surface area contributed by atoms with E-state index in [1.54, 1.807) is 0 Å². The second-order valence-corrected chi connectivity index (χ2v) is 11.3. The van der Waals surface area contributed by atoms with Gasteiger partial charge < -0.3 is 4.90 Å². The zero-order chi connectivity index (χ0) is 68.8. The first kappa shape index (κ1) is 11.9. The molecule has 0 atom stereocenters. The van der Waals surface area contributed by atoms with Crippen LogP contribution in [-0.2, 0) is 0 Å². The Kier molecular flexibility index (Phi) is 3.02. The van der Waals surface area contributed by atoms with Gasteiger partial charge in [-0.05, 0) is 119 Å². The minimum atomic E-state index is -1.43. The van der Waals surface area contributed by atoms with Gasteiger partial charge in [0.05, 0.1) is 50.7 Å². The van der Waals surface area contributed by atoms with Crippen LogP contribution in [0.15, 0.2) is 224 Å². The van der Waals surface area contributed by atoms with Gasteiger partial charge in [0.1, 0.15) is 0 Å². The van der Waals surface area contributed by atoms with Gasteiger partial charge in [0.25, 0.3) is 0 Å². The van der Waals surface area contributed by atoms with Crippen molar-refractivity contribution < 1.29 is 50.7 Å². The molecule has 0 amide bonds. The Morgan fingerprint density at radius 3 is 1.02 bits per heavy atom. The molecular formula is C54H37N. The van der Waals surface area contributed by atoms with Gasteiger partial charge in [-0.1, -0.05) is 181 Å². The third kappa shape index (κ3) is 6.12. The summed E-state index contributed by atoms with van der Waals surface area (Å²) in [7, 11) is 0. The molecule has 1 heteroatoms. The molecule has 0 radical (unpaired) electrons. The molecule has 0 heterocycles. The van der Waals surface area contributed by atoms with Crippen molar-refractivity contribution in [3.05, 3.63) is 224 Å². The van der Waals surface area contributed by atoms with Gasteiger partial charge in [0, 0.05) is 17.1 Å². The molecule has 0 bridgehead atoms. The van der Waals surface area contributed by atoms with Crippen LogP contribution in [0.1, 0.15) is 50.7 Å². The highest BCUT2D eigenvalue weighted by Crippen LogP contribution is 2.40. The van der Waals surface area contributed by atoms with E-state index in [4.69, 9.17) is 32.9 Å². The fourth-order valence-electron chi connectivity index (χ4n) is 5.56. The van der Waals surface area contributed by atoms with Crippen molar-refractivity contribution in [1.82, 2.24) is 0 Å². The second-order valence-electron chi connectivity index (χ2n) is 11.3. The van der Waals surface area contributed by atoms with Crippen LogP contribution in [0.25, 0.3) is 76.8 Å². The third-order valence-electron chi connectivity index (χ3n) is 8.07. The molecule has 0 unspecified atom stereocenters. The van der Waals surface area contributed by atoms with E-state index in [2.05, 4.69) is 0 Å². The van der Waals surface area contributed by atoms with Crippen molar-refractivity contribution in [1.29, 1.82) is 0 Å². The number of fused-ring (bicyclic) bond motifs is 3. The SMILES string of the molecule is [2H]c1c([2H])c(-c2c([2H])c([2H])c(N(c3c([2H])c([2H])c(-c4c([2H])c([2H])c([2H])c5c([2H])c([2H])c([2H])c([2H])c45)c([2H])c3[2H])c3c([2H])c([2H])c(-c4c([2H])c([2H])c([2H])c5c([2H])c([2H])c([2H])c([2H])c45)c([2H])c3[2H])c([2H])c2[2H])c([2H])c(-c2c([2H])c([2H])c([2H])c3c([2H])c([2H])c([2H])c([2H])c23)c1[2H]. The summed E-state index contributed by atoms with van der Waals surface area (Å²) in [6, 6.07) is -41.1. The molecular weight excluding hydrogens is 663 g/mol. The lowest BCUT2D eigenvalue weighted by atomic mass is 9.95. The number of nitrogens with zero attached hydrogens (tertiary/aromatic N) is 1. The zero-order valence-electron chi connectivity index (χ0n) is 64.4. The fraction of sp³-hybridized carbons (Fsp3) is 0. The van der Waals surface area contributed by atoms with Crippen molar-refractivity contribution in [2.75, 3.05) is 4.90 Å². The topological polar surface area (TPSA) is 3.24 Å². The molecule has 0 saturated heterocycles. The van der Waals surface area contributed by atoms with Crippen molar-refractivity contribution >= 4 is 49.4 Å². The number of hydrogen-bond donors (Lipinski definition) is 0. The first-order valence-corrected chi connectivity index (χ1v) is 15.9. The molecule has 0 N–H and O–H groups in total. The first-order valence-electron chi connectivity index (χ1n) is 34.4. The van der Waals surface area contributed by atoms with Gasteiger partial charge in [-0.15, -0.1) is 0 Å². The van der Waals surface area contributed by atoms with E-state index in [1.165, 1.54) is 0 Å². The van der Waals surface area contributed by atoms with Gasteiger partial charge in [-0.2, -0.15) is 0 Å². The van der Waals surface area contributed by atoms with Crippen molar-refractivity contribution in [3.63, 3.8) is 0 Å². The number of rotatable bonds is 7. The molecule has 10 aromatic carbocycles. The van der Waals surface area contributed by atoms with Crippen molar-refractivity contribution in [2.45, 2.75) is 0 Å². The van der Waals surface area contributed by atoms with E-state index < -0.39 is 317 Å². The Hall–Kier alpha value is -7.22. The van der Waals surface area contributed by atoms with Gasteiger partial charge in [0.15, 0.2) is 0 Å². The fourth-order valence-corrected chi connectivity index (χ4v) is 5.56. The molecule has 0 fully saturated rings. The van der Waals surface area contributed by atoms with Crippen LogP contribution in [0.5, 0.6) is 0 Å². The predicted molar refractivity (Wildman–Crippen MR) is 235 cm³/mol. The molecule has 55 heavy (non-hydrogen) atoms. The normalized spacial score (nSPS) is 20.7. The Morgan fingerprint density at radius 2 is 0.582 bits per heavy atom. The summed E-state index contributed by atoms with van der Waals surface area (Å²) in [6.45, 7) is 0. The van der Waals surface area contributed by atoms with Crippen LogP contribution < -0.4 is 4.90 Å². The van der Waals surface area contributed by atoms with Crippen molar-refractivity contribution in [3.8, 4) is 44.5 Å². The molecule has 0 saturated carbocycles. The molecule has 10 aromatic rings. The maximum absolute atomic E-state index is 9.73. The summed E-state index contributed by atoms with van der Waals surface area (Å²) < 4.78 is 334. The highest BCUT2D eigenvalue weighted by Gasteiger charge is 2.15. The lowest BCUT2D eigenvalue weighted by Gasteiger charge is -2.26. The molecule has 0 aliphatic carbocycles. The average molecular weight is 737 g/mol. The summed E-state index contributed by atoms with van der Waals surface area (Å²) >= 11 is 0. The minimum Gasteiger partial charge on any atom is -0.311 e. The van der Waals surface area contributed by atoms with Crippen LogP contribution in [0.3, 0.4) is 0 Å². The summed E-state index contributed by atoms with van der Waals surface area (Å²) in [6.07, 6.45) is 0. The van der Waals surface area contributed by atoms with Gasteiger partial charge >= 0.3 is 0 Å². The Balaban J connectivity index is 1.37. The zero-order valence-corrected chi connectivity index (χ0v) is 27.4. The molecule has 1 nitrogen and oxygen atoms in total. The monoisotopic (exact) mass is 737 g/mol. The van der Waals surface area contributed by atoms with E-state index in [1.807, 2.05) is 0 Å². The Labute approximate surface area is 374 Å². The summed E-state index contributed by atoms with van der Waals surface area (Å²) in [4.78, 5) is 0.199. The maximum Gasteiger partial charge on any atom is 0.0645 e. The quantitative estimate of drug-likeness (QED) is 0.157. The highest BCUT2D eigenvalue weighted by atomic mass is 15.1. The van der Waals surface area contributed by atoms with Gasteiger partial charge in [0.2, 0.25) is 0 Å². The summed E-state index contributed by atoms with van der Waals surface area (Å²) in [5, 5.41) is -4.24. The molecule has 0 aromatic heterocycles. The first-order chi connectivity index (χ1) is 42.7. The van der Waals surface area contributed by atoms with E-state index in [9.17, 15) is 17.8 Å². The van der Waals surface area contributed by atoms with Gasteiger partial charge in [-0.25, -0.2) is 0 Å². The minimum absolute atomic E-state index is 0.199. The average Bonchev–Trinajstić information content (AvgIpc) is 0.721. The van der Waals surface area contributed by atoms with E-state index in [0.29, 0.717) is 0 Å².